The van der Waals surface area contributed by atoms with Crippen LogP contribution in [0.1, 0.15) is 59.8 Å². The van der Waals surface area contributed by atoms with Crippen molar-refractivity contribution in [2.75, 3.05) is 26.3 Å². The van der Waals surface area contributed by atoms with E-state index >= 15 is 0 Å². The lowest BCUT2D eigenvalue weighted by Gasteiger charge is -2.43. The molecule has 2 aliphatic rings. The lowest BCUT2D eigenvalue weighted by atomic mass is 9.69. The Balaban J connectivity index is 2.02. The van der Waals surface area contributed by atoms with Crippen LogP contribution in [-0.2, 0) is 4.43 Å². The number of hydrogen-bond acceptors (Lipinski definition) is 3. The van der Waals surface area contributed by atoms with Crippen molar-refractivity contribution in [3.63, 3.8) is 0 Å². The van der Waals surface area contributed by atoms with Gasteiger partial charge in [0.2, 0.25) is 0 Å². The van der Waals surface area contributed by atoms with Gasteiger partial charge in [0, 0.05) is 30.7 Å². The number of nitrogens with zero attached hydrogens (tertiary/aromatic N) is 1. The Hall–Kier alpha value is 0.0969. The zero-order chi connectivity index (χ0) is 16.6. The van der Waals surface area contributed by atoms with Gasteiger partial charge in [-0.1, -0.05) is 34.1 Å². The van der Waals surface area contributed by atoms with Gasteiger partial charge in [-0.05, 0) is 50.4 Å². The van der Waals surface area contributed by atoms with Gasteiger partial charge in [-0.2, -0.15) is 0 Å². The highest BCUT2D eigenvalue weighted by Gasteiger charge is 2.54. The molecule has 0 aromatic rings. The molecule has 2 atom stereocenters. The Morgan fingerprint density at radius 2 is 1.91 bits per heavy atom. The molecule has 22 heavy (non-hydrogen) atoms. The molecule has 2 rings (SSSR count). The zero-order valence-corrected chi connectivity index (χ0v) is 16.7. The van der Waals surface area contributed by atoms with Crippen LogP contribution in [0.5, 0.6) is 0 Å². The van der Waals surface area contributed by atoms with Crippen molar-refractivity contribution in [1.82, 2.24) is 4.90 Å². The van der Waals surface area contributed by atoms with E-state index < -0.39 is 8.32 Å². The fraction of sp³-hybridized carbons (Fsp3) is 1.00. The molecule has 0 aromatic carbocycles. The van der Waals surface area contributed by atoms with Crippen molar-refractivity contribution >= 4 is 8.32 Å². The third-order valence-corrected chi connectivity index (χ3v) is 11.3. The molecule has 0 amide bonds. The van der Waals surface area contributed by atoms with Crippen molar-refractivity contribution in [2.24, 2.45) is 5.41 Å². The topological polar surface area (TPSA) is 32.7 Å². The second kappa shape index (κ2) is 6.19. The van der Waals surface area contributed by atoms with E-state index in [0.29, 0.717) is 6.61 Å². The second-order valence-electron chi connectivity index (χ2n) is 9.29. The Morgan fingerprint density at radius 3 is 2.45 bits per heavy atom. The number of rotatable bonds is 6. The van der Waals surface area contributed by atoms with Gasteiger partial charge in [-0.25, -0.2) is 0 Å². The number of aliphatic hydroxyl groups is 1. The summed E-state index contributed by atoms with van der Waals surface area (Å²) in [5.41, 5.74) is 0.462. The minimum absolute atomic E-state index is 0.172. The number of fused-ring (bicyclic) bond motifs is 2. The molecule has 0 spiro atoms. The molecule has 1 saturated carbocycles. The smallest absolute Gasteiger partial charge is 0.191 e. The maximum absolute atomic E-state index is 9.91. The van der Waals surface area contributed by atoms with E-state index in [1.807, 2.05) is 0 Å². The van der Waals surface area contributed by atoms with Gasteiger partial charge >= 0.3 is 0 Å². The summed E-state index contributed by atoms with van der Waals surface area (Å²) in [6.07, 6.45) is 6.05. The van der Waals surface area contributed by atoms with Gasteiger partial charge in [-0.15, -0.1) is 0 Å². The summed E-state index contributed by atoms with van der Waals surface area (Å²) < 4.78 is 6.45. The molecule has 1 saturated heterocycles. The maximum Gasteiger partial charge on any atom is 0.191 e. The third-order valence-electron chi connectivity index (χ3n) is 6.80. The Morgan fingerprint density at radius 1 is 1.23 bits per heavy atom. The summed E-state index contributed by atoms with van der Waals surface area (Å²) in [7, 11) is -1.65. The largest absolute Gasteiger partial charge is 0.417 e. The van der Waals surface area contributed by atoms with E-state index in [4.69, 9.17) is 4.43 Å². The molecule has 1 aliphatic heterocycles. The van der Waals surface area contributed by atoms with Gasteiger partial charge < -0.3 is 9.53 Å². The average molecular weight is 328 g/mol. The summed E-state index contributed by atoms with van der Waals surface area (Å²) in [6, 6.07) is 0. The first-order chi connectivity index (χ1) is 10.1. The van der Waals surface area contributed by atoms with Crippen molar-refractivity contribution in [3.8, 4) is 0 Å². The molecular weight excluding hydrogens is 290 g/mol. The van der Waals surface area contributed by atoms with Gasteiger partial charge in [0.05, 0.1) is 0 Å². The van der Waals surface area contributed by atoms with E-state index in [0.717, 1.165) is 26.1 Å². The first-order valence-corrected chi connectivity index (χ1v) is 12.0. The molecule has 0 aromatic heterocycles. The highest BCUT2D eigenvalue weighted by atomic mass is 28.4. The first kappa shape index (κ1) is 18.4. The highest BCUT2D eigenvalue weighted by Crippen LogP contribution is 2.53. The van der Waals surface area contributed by atoms with Gasteiger partial charge in [0.1, 0.15) is 0 Å². The number of hydrogen-bond donors (Lipinski definition) is 1. The van der Waals surface area contributed by atoms with E-state index in [1.54, 1.807) is 0 Å². The van der Waals surface area contributed by atoms with E-state index in [9.17, 15) is 5.11 Å². The van der Waals surface area contributed by atoms with E-state index in [-0.39, 0.29) is 16.0 Å². The predicted octanol–water partition coefficient (Wildman–Crippen LogP) is 4.03. The van der Waals surface area contributed by atoms with Crippen LogP contribution in [-0.4, -0.2) is 50.2 Å². The molecule has 3 nitrogen and oxygen atoms in total. The third kappa shape index (κ3) is 3.30. The molecule has 130 valence electrons. The minimum atomic E-state index is -1.65. The molecule has 1 aliphatic carbocycles. The zero-order valence-electron chi connectivity index (χ0n) is 15.7. The standard InChI is InChI=1S/C18H37NO2Si/c1-7-19-14-17(15-20)9-8-10-18(19,13-17)11-12-21-22(5,6)16(2,3)4/h20H,7-15H2,1-6H3/t17-,18+/m0/s1. The normalized spacial score (nSPS) is 33.4. The number of likely N-dealkylation sites (tertiary alicyclic amines) is 1. The van der Waals surface area contributed by atoms with E-state index in [2.05, 4.69) is 45.7 Å². The Labute approximate surface area is 138 Å². The molecule has 0 radical (unpaired) electrons. The summed E-state index contributed by atoms with van der Waals surface area (Å²) in [5, 5.41) is 10.2. The first-order valence-electron chi connectivity index (χ1n) is 9.10. The second-order valence-corrected chi connectivity index (χ2v) is 14.1. The van der Waals surface area contributed by atoms with Crippen LogP contribution in [0.4, 0.5) is 0 Å². The molecule has 2 fully saturated rings. The van der Waals surface area contributed by atoms with Crippen molar-refractivity contribution < 1.29 is 9.53 Å². The maximum atomic E-state index is 9.91. The average Bonchev–Trinajstić information content (AvgIpc) is 2.65. The van der Waals surface area contributed by atoms with Crippen LogP contribution in [0.2, 0.25) is 18.1 Å². The molecule has 2 bridgehead atoms. The van der Waals surface area contributed by atoms with Crippen LogP contribution < -0.4 is 0 Å². The summed E-state index contributed by atoms with van der Waals surface area (Å²) in [5.74, 6) is 0. The van der Waals surface area contributed by atoms with E-state index in [1.165, 1.54) is 25.7 Å². The number of aliphatic hydroxyl groups excluding tert-OH is 1. The van der Waals surface area contributed by atoms with Crippen molar-refractivity contribution in [1.29, 1.82) is 0 Å². The monoisotopic (exact) mass is 327 g/mol. The molecular formula is C18H37NO2Si. The van der Waals surface area contributed by atoms with Crippen LogP contribution in [0, 0.1) is 5.41 Å². The van der Waals surface area contributed by atoms with Crippen LogP contribution in [0.15, 0.2) is 0 Å². The van der Waals surface area contributed by atoms with Crippen LogP contribution in [0.3, 0.4) is 0 Å². The molecule has 4 heteroatoms. The fourth-order valence-electron chi connectivity index (χ4n) is 4.36. The molecule has 0 unspecified atom stereocenters. The molecule has 1 N–H and O–H groups in total. The predicted molar refractivity (Wildman–Crippen MR) is 95.7 cm³/mol. The van der Waals surface area contributed by atoms with Crippen molar-refractivity contribution in [3.05, 3.63) is 0 Å². The van der Waals surface area contributed by atoms with Gasteiger partial charge in [0.15, 0.2) is 8.32 Å². The highest BCUT2D eigenvalue weighted by molar-refractivity contribution is 6.74. The summed E-state index contributed by atoms with van der Waals surface area (Å²) >= 11 is 0. The Bertz CT molecular complexity index is 393. The van der Waals surface area contributed by atoms with Crippen LogP contribution in [0.25, 0.3) is 0 Å². The lowest BCUT2D eigenvalue weighted by Crippen LogP contribution is -2.47. The van der Waals surface area contributed by atoms with Crippen LogP contribution >= 0.6 is 0 Å². The SMILES string of the molecule is CCN1C[C@]2(CO)CCC[C@@]1(CCO[Si](C)(C)C(C)(C)C)C2. The van der Waals surface area contributed by atoms with Crippen molar-refractivity contribution in [2.45, 2.75) is 83.5 Å². The lowest BCUT2D eigenvalue weighted by molar-refractivity contribution is 0.0747. The fourth-order valence-corrected chi connectivity index (χ4v) is 5.41. The van der Waals surface area contributed by atoms with Gasteiger partial charge in [-0.3, -0.25) is 4.90 Å². The minimum Gasteiger partial charge on any atom is -0.417 e. The van der Waals surface area contributed by atoms with Gasteiger partial charge in [0.25, 0.3) is 0 Å². The molecule has 1 heterocycles. The Kier molecular flexibility index (Phi) is 5.19. The summed E-state index contributed by atoms with van der Waals surface area (Å²) in [6.45, 7) is 17.3. The quantitative estimate of drug-likeness (QED) is 0.748. The summed E-state index contributed by atoms with van der Waals surface area (Å²) in [4.78, 5) is 2.64.